The molecule has 0 aliphatic heterocycles. The lowest BCUT2D eigenvalue weighted by Gasteiger charge is -2.31. The minimum absolute atomic E-state index is 0.197. The van der Waals surface area contributed by atoms with E-state index >= 15 is 0 Å². The third-order valence-corrected chi connectivity index (χ3v) is 6.51. The third kappa shape index (κ3) is 8.11. The number of carbonyl (C=O) groups is 2. The van der Waals surface area contributed by atoms with E-state index in [9.17, 15) is 9.59 Å². The fraction of sp³-hybridized carbons (Fsp3) is 0.212. The molecule has 1 N–H and O–H groups in total. The Morgan fingerprint density at radius 1 is 0.675 bits per heavy atom. The molecule has 0 spiro atoms. The second-order valence-electron chi connectivity index (χ2n) is 9.24. The molecular formula is C33H34N2O5. The lowest BCUT2D eigenvalue weighted by molar-refractivity contribution is -0.142. The van der Waals surface area contributed by atoms with E-state index in [-0.39, 0.29) is 25.0 Å². The summed E-state index contributed by atoms with van der Waals surface area (Å²) in [4.78, 5) is 29.1. The summed E-state index contributed by atoms with van der Waals surface area (Å²) in [6.07, 6.45) is 0.350. The van der Waals surface area contributed by atoms with Gasteiger partial charge < -0.3 is 24.4 Å². The summed E-state index contributed by atoms with van der Waals surface area (Å²) < 4.78 is 16.3. The van der Waals surface area contributed by atoms with Gasteiger partial charge in [0.25, 0.3) is 5.91 Å². The Kier molecular flexibility index (Phi) is 10.2. The molecule has 0 aliphatic carbocycles. The van der Waals surface area contributed by atoms with E-state index in [2.05, 4.69) is 5.32 Å². The Hall–Kier alpha value is -4.78. The van der Waals surface area contributed by atoms with Crippen molar-refractivity contribution in [2.75, 3.05) is 20.8 Å². The zero-order chi connectivity index (χ0) is 28.2. The van der Waals surface area contributed by atoms with Gasteiger partial charge in [-0.25, -0.2) is 0 Å². The van der Waals surface area contributed by atoms with Crippen molar-refractivity contribution in [2.24, 2.45) is 0 Å². The molecule has 0 heterocycles. The van der Waals surface area contributed by atoms with Crippen LogP contribution < -0.4 is 19.5 Å². The molecule has 206 valence electrons. The number of ether oxygens (including phenoxy) is 3. The minimum atomic E-state index is -0.769. The van der Waals surface area contributed by atoms with Crippen molar-refractivity contribution in [3.8, 4) is 17.2 Å². The van der Waals surface area contributed by atoms with E-state index < -0.39 is 6.04 Å². The van der Waals surface area contributed by atoms with E-state index in [1.54, 1.807) is 31.3 Å². The highest BCUT2D eigenvalue weighted by molar-refractivity contribution is 5.88. The molecule has 0 saturated carbocycles. The largest absolute Gasteiger partial charge is 0.497 e. The predicted octanol–water partition coefficient (Wildman–Crippen LogP) is 5.04. The molecular weight excluding hydrogens is 504 g/mol. The van der Waals surface area contributed by atoms with Crippen molar-refractivity contribution in [3.63, 3.8) is 0 Å². The van der Waals surface area contributed by atoms with E-state index in [4.69, 9.17) is 14.2 Å². The van der Waals surface area contributed by atoms with Gasteiger partial charge in [-0.05, 0) is 53.1 Å². The molecule has 0 saturated heterocycles. The standard InChI is InChI=1S/C33H34N2O5/c1-38-28-17-13-26(14-18-28)22-34-33(37)31(21-25-9-5-3-6-10-25)35(23-27-15-19-29(39-2)20-16-27)32(36)24-40-30-11-7-4-8-12-30/h3-20,31H,21-24H2,1-2H3,(H,34,37)/t31-/m0/s1. The number of nitrogens with zero attached hydrogens (tertiary/aromatic N) is 1. The van der Waals surface area contributed by atoms with Gasteiger partial charge in [0.05, 0.1) is 14.2 Å². The molecule has 1 atom stereocenters. The number of carbonyl (C=O) groups excluding carboxylic acids is 2. The maximum atomic E-state index is 13.8. The van der Waals surface area contributed by atoms with Crippen molar-refractivity contribution in [1.82, 2.24) is 10.2 Å². The van der Waals surface area contributed by atoms with Crippen molar-refractivity contribution >= 4 is 11.8 Å². The van der Waals surface area contributed by atoms with Crippen LogP contribution in [0.5, 0.6) is 17.2 Å². The number of hydrogen-bond acceptors (Lipinski definition) is 5. The lowest BCUT2D eigenvalue weighted by atomic mass is 10.0. The molecule has 0 radical (unpaired) electrons. The van der Waals surface area contributed by atoms with E-state index in [1.165, 1.54) is 0 Å². The molecule has 4 aromatic carbocycles. The normalized spacial score (nSPS) is 11.2. The maximum Gasteiger partial charge on any atom is 0.261 e. The molecule has 7 nitrogen and oxygen atoms in total. The SMILES string of the molecule is COc1ccc(CNC(=O)[C@H](Cc2ccccc2)N(Cc2ccc(OC)cc2)C(=O)COc2ccccc2)cc1. The summed E-state index contributed by atoms with van der Waals surface area (Å²) in [6.45, 7) is 0.352. The van der Waals surface area contributed by atoms with Gasteiger partial charge >= 0.3 is 0 Å². The van der Waals surface area contributed by atoms with Gasteiger partial charge in [-0.1, -0.05) is 72.8 Å². The zero-order valence-corrected chi connectivity index (χ0v) is 22.8. The first-order chi connectivity index (χ1) is 19.6. The van der Waals surface area contributed by atoms with Crippen LogP contribution >= 0.6 is 0 Å². The third-order valence-electron chi connectivity index (χ3n) is 6.51. The summed E-state index contributed by atoms with van der Waals surface area (Å²) in [5.74, 6) is 1.50. The molecule has 4 aromatic rings. The average molecular weight is 539 g/mol. The van der Waals surface area contributed by atoms with Crippen LogP contribution in [0.1, 0.15) is 16.7 Å². The number of benzene rings is 4. The van der Waals surface area contributed by atoms with Crippen LogP contribution in [0.2, 0.25) is 0 Å². The van der Waals surface area contributed by atoms with Crippen LogP contribution in [-0.4, -0.2) is 43.6 Å². The fourth-order valence-electron chi connectivity index (χ4n) is 4.28. The van der Waals surface area contributed by atoms with Crippen molar-refractivity contribution in [3.05, 3.63) is 126 Å². The monoisotopic (exact) mass is 538 g/mol. The highest BCUT2D eigenvalue weighted by Crippen LogP contribution is 2.19. The van der Waals surface area contributed by atoms with E-state index in [0.717, 1.165) is 22.4 Å². The van der Waals surface area contributed by atoms with E-state index in [0.29, 0.717) is 24.5 Å². The molecule has 0 fully saturated rings. The number of amides is 2. The topological polar surface area (TPSA) is 77.1 Å². The molecule has 0 aliphatic rings. The number of rotatable bonds is 13. The summed E-state index contributed by atoms with van der Waals surface area (Å²) in [7, 11) is 3.22. The fourth-order valence-corrected chi connectivity index (χ4v) is 4.28. The number of nitrogens with one attached hydrogen (secondary N) is 1. The molecule has 4 rings (SSSR count). The summed E-state index contributed by atoms with van der Waals surface area (Å²) >= 11 is 0. The predicted molar refractivity (Wildman–Crippen MR) is 154 cm³/mol. The van der Waals surface area contributed by atoms with Gasteiger partial charge in [-0.15, -0.1) is 0 Å². The van der Waals surface area contributed by atoms with Crippen LogP contribution in [0.15, 0.2) is 109 Å². The summed E-state index contributed by atoms with van der Waals surface area (Å²) in [5.41, 5.74) is 2.74. The Morgan fingerprint density at radius 3 is 1.80 bits per heavy atom. The smallest absolute Gasteiger partial charge is 0.261 e. The Balaban J connectivity index is 1.59. The van der Waals surface area contributed by atoms with Crippen molar-refractivity contribution < 1.29 is 23.8 Å². The first kappa shape index (κ1) is 28.2. The van der Waals surface area contributed by atoms with Crippen LogP contribution in [0, 0.1) is 0 Å². The minimum Gasteiger partial charge on any atom is -0.497 e. The maximum absolute atomic E-state index is 13.8. The highest BCUT2D eigenvalue weighted by Gasteiger charge is 2.30. The quantitative estimate of drug-likeness (QED) is 0.258. The first-order valence-corrected chi connectivity index (χ1v) is 13.1. The highest BCUT2D eigenvalue weighted by atomic mass is 16.5. The van der Waals surface area contributed by atoms with Gasteiger partial charge in [0.2, 0.25) is 5.91 Å². The Labute approximate surface area is 235 Å². The van der Waals surface area contributed by atoms with Crippen molar-refractivity contribution in [1.29, 1.82) is 0 Å². The number of hydrogen-bond donors (Lipinski definition) is 1. The Bertz CT molecular complexity index is 1340. The van der Waals surface area contributed by atoms with Crippen LogP contribution in [0.25, 0.3) is 0 Å². The summed E-state index contributed by atoms with van der Waals surface area (Å²) in [5, 5.41) is 3.04. The van der Waals surface area contributed by atoms with Gasteiger partial charge in [-0.3, -0.25) is 9.59 Å². The van der Waals surface area contributed by atoms with Gasteiger partial charge in [0, 0.05) is 19.5 Å². The molecule has 40 heavy (non-hydrogen) atoms. The Morgan fingerprint density at radius 2 is 1.23 bits per heavy atom. The van der Waals surface area contributed by atoms with Crippen molar-refractivity contribution in [2.45, 2.75) is 25.6 Å². The van der Waals surface area contributed by atoms with Crippen LogP contribution in [0.4, 0.5) is 0 Å². The second kappa shape index (κ2) is 14.4. The zero-order valence-electron chi connectivity index (χ0n) is 22.8. The van der Waals surface area contributed by atoms with Gasteiger partial charge in [-0.2, -0.15) is 0 Å². The first-order valence-electron chi connectivity index (χ1n) is 13.1. The lowest BCUT2D eigenvalue weighted by Crippen LogP contribution is -2.51. The van der Waals surface area contributed by atoms with Gasteiger partial charge in [0.1, 0.15) is 23.3 Å². The number of para-hydroxylation sites is 1. The van der Waals surface area contributed by atoms with Crippen LogP contribution in [0.3, 0.4) is 0 Å². The molecule has 7 heteroatoms. The summed E-state index contributed by atoms with van der Waals surface area (Å²) in [6, 6.07) is 33.1. The molecule has 2 amide bonds. The molecule has 0 bridgehead atoms. The molecule has 0 aromatic heterocycles. The molecule has 0 unspecified atom stereocenters. The van der Waals surface area contributed by atoms with E-state index in [1.807, 2.05) is 97.1 Å². The number of methoxy groups -OCH3 is 2. The average Bonchev–Trinajstić information content (AvgIpc) is 3.02. The van der Waals surface area contributed by atoms with Crippen LogP contribution in [-0.2, 0) is 29.1 Å². The second-order valence-corrected chi connectivity index (χ2v) is 9.24. The van der Waals surface area contributed by atoms with Gasteiger partial charge in [0.15, 0.2) is 6.61 Å².